The Hall–Kier alpha value is -1.36. The zero-order valence-electron chi connectivity index (χ0n) is 10.2. The maximum absolute atomic E-state index is 12.0. The molecule has 1 aliphatic rings. The predicted molar refractivity (Wildman–Crippen MR) is 72.5 cm³/mol. The van der Waals surface area contributed by atoms with E-state index in [2.05, 4.69) is 21.2 Å². The van der Waals surface area contributed by atoms with Crippen molar-refractivity contribution in [2.45, 2.75) is 24.6 Å². The van der Waals surface area contributed by atoms with Gasteiger partial charge in [-0.1, -0.05) is 15.9 Å². The third-order valence-electron chi connectivity index (χ3n) is 2.87. The van der Waals surface area contributed by atoms with Crippen LogP contribution in [0.4, 0.5) is 10.5 Å². The number of hydrogen-bond donors (Lipinski definition) is 1. The fraction of sp³-hybridized carbons (Fsp3) is 0.385. The molecule has 5 heteroatoms. The number of Topliss-reactive ketones (excluding diaryl/α,β-unsaturated/α-hetero) is 1. The van der Waals surface area contributed by atoms with Crippen LogP contribution in [0.25, 0.3) is 0 Å². The standard InChI is InChI=1S/C13H14BrNO3/c1-3-18-12(17)15-9-4-5-10-8(6-9)7-13(2,14)11(10)16/h4-6H,3,7H2,1-2H3,(H,15,17). The van der Waals surface area contributed by atoms with Crippen LogP contribution in [0.2, 0.25) is 0 Å². The summed E-state index contributed by atoms with van der Waals surface area (Å²) in [6.45, 7) is 3.93. The molecular formula is C13H14BrNO3. The Labute approximate surface area is 114 Å². The van der Waals surface area contributed by atoms with Gasteiger partial charge < -0.3 is 4.74 Å². The van der Waals surface area contributed by atoms with Crippen LogP contribution in [0.3, 0.4) is 0 Å². The maximum atomic E-state index is 12.0. The van der Waals surface area contributed by atoms with Gasteiger partial charge in [0.25, 0.3) is 0 Å². The first-order chi connectivity index (χ1) is 8.44. The van der Waals surface area contributed by atoms with Crippen molar-refractivity contribution in [3.05, 3.63) is 29.3 Å². The molecule has 96 valence electrons. The molecule has 1 aromatic rings. The zero-order chi connectivity index (χ0) is 13.3. The van der Waals surface area contributed by atoms with E-state index in [1.807, 2.05) is 13.0 Å². The number of ketones is 1. The molecule has 0 aromatic heterocycles. The molecule has 0 aliphatic heterocycles. The summed E-state index contributed by atoms with van der Waals surface area (Å²) >= 11 is 3.43. The molecule has 4 nitrogen and oxygen atoms in total. The van der Waals surface area contributed by atoms with E-state index in [0.29, 0.717) is 24.3 Å². The second-order valence-electron chi connectivity index (χ2n) is 4.42. The fourth-order valence-corrected chi connectivity index (χ4v) is 2.56. The number of alkyl halides is 1. The molecule has 1 amide bonds. The van der Waals surface area contributed by atoms with E-state index in [0.717, 1.165) is 5.56 Å². The van der Waals surface area contributed by atoms with Crippen LogP contribution in [-0.2, 0) is 11.2 Å². The molecule has 0 saturated heterocycles. The summed E-state index contributed by atoms with van der Waals surface area (Å²) in [6.07, 6.45) is 0.142. The Morgan fingerprint density at radius 1 is 1.56 bits per heavy atom. The van der Waals surface area contributed by atoms with Crippen molar-refractivity contribution in [3.63, 3.8) is 0 Å². The molecule has 0 radical (unpaired) electrons. The lowest BCUT2D eigenvalue weighted by Crippen LogP contribution is -2.23. The first kappa shape index (κ1) is 13.1. The largest absolute Gasteiger partial charge is 0.450 e. The molecule has 1 unspecified atom stereocenters. The van der Waals surface area contributed by atoms with Gasteiger partial charge in [0.2, 0.25) is 0 Å². The SMILES string of the molecule is CCOC(=O)Nc1ccc2c(c1)CC(C)(Br)C2=O. The highest BCUT2D eigenvalue weighted by Gasteiger charge is 2.39. The second-order valence-corrected chi connectivity index (χ2v) is 6.17. The Bertz CT molecular complexity index is 511. The van der Waals surface area contributed by atoms with Gasteiger partial charge in [0.1, 0.15) is 0 Å². The topological polar surface area (TPSA) is 55.4 Å². The molecule has 1 aliphatic carbocycles. The number of ether oxygens (including phenoxy) is 1. The first-order valence-electron chi connectivity index (χ1n) is 5.74. The van der Waals surface area contributed by atoms with E-state index >= 15 is 0 Å². The number of fused-ring (bicyclic) bond motifs is 1. The van der Waals surface area contributed by atoms with Gasteiger partial charge in [-0.25, -0.2) is 4.79 Å². The summed E-state index contributed by atoms with van der Waals surface area (Å²) in [5.41, 5.74) is 2.29. The number of hydrogen-bond acceptors (Lipinski definition) is 3. The lowest BCUT2D eigenvalue weighted by molar-refractivity contribution is 0.0968. The van der Waals surface area contributed by atoms with Crippen molar-refractivity contribution in [2.75, 3.05) is 11.9 Å². The summed E-state index contributed by atoms with van der Waals surface area (Å²) in [7, 11) is 0. The molecule has 2 rings (SSSR count). The lowest BCUT2D eigenvalue weighted by Gasteiger charge is -2.10. The average molecular weight is 312 g/mol. The highest BCUT2D eigenvalue weighted by Crippen LogP contribution is 2.37. The molecule has 1 atom stereocenters. The number of rotatable bonds is 2. The third-order valence-corrected chi connectivity index (χ3v) is 3.51. The monoisotopic (exact) mass is 311 g/mol. The van der Waals surface area contributed by atoms with Crippen LogP contribution >= 0.6 is 15.9 Å². The summed E-state index contributed by atoms with van der Waals surface area (Å²) in [5, 5.41) is 2.63. The summed E-state index contributed by atoms with van der Waals surface area (Å²) in [4.78, 5) is 23.3. The number of halogens is 1. The highest BCUT2D eigenvalue weighted by atomic mass is 79.9. The Morgan fingerprint density at radius 2 is 2.28 bits per heavy atom. The van der Waals surface area contributed by atoms with Crippen molar-refractivity contribution in [3.8, 4) is 0 Å². The number of anilines is 1. The fourth-order valence-electron chi connectivity index (χ4n) is 2.04. The Morgan fingerprint density at radius 3 is 2.94 bits per heavy atom. The van der Waals surface area contributed by atoms with Crippen LogP contribution in [-0.4, -0.2) is 22.8 Å². The number of nitrogens with one attached hydrogen (secondary N) is 1. The van der Waals surface area contributed by atoms with Crippen LogP contribution in [0, 0.1) is 0 Å². The minimum Gasteiger partial charge on any atom is -0.450 e. The first-order valence-corrected chi connectivity index (χ1v) is 6.54. The number of benzene rings is 1. The van der Waals surface area contributed by atoms with E-state index in [1.54, 1.807) is 19.1 Å². The van der Waals surface area contributed by atoms with Gasteiger partial charge in [0.15, 0.2) is 5.78 Å². The highest BCUT2D eigenvalue weighted by molar-refractivity contribution is 9.10. The molecular weight excluding hydrogens is 298 g/mol. The Kier molecular flexibility index (Phi) is 3.43. The van der Waals surface area contributed by atoms with Gasteiger partial charge in [-0.3, -0.25) is 10.1 Å². The zero-order valence-corrected chi connectivity index (χ0v) is 11.8. The summed E-state index contributed by atoms with van der Waals surface area (Å²) < 4.78 is 4.27. The van der Waals surface area contributed by atoms with E-state index in [-0.39, 0.29) is 5.78 Å². The smallest absolute Gasteiger partial charge is 0.411 e. The lowest BCUT2D eigenvalue weighted by atomic mass is 10.1. The van der Waals surface area contributed by atoms with E-state index < -0.39 is 10.4 Å². The van der Waals surface area contributed by atoms with E-state index in [1.165, 1.54) is 0 Å². The van der Waals surface area contributed by atoms with Gasteiger partial charge in [0.05, 0.1) is 10.9 Å². The molecule has 1 N–H and O–H groups in total. The van der Waals surface area contributed by atoms with Gasteiger partial charge in [-0.2, -0.15) is 0 Å². The molecule has 0 spiro atoms. The normalized spacial score (nSPS) is 21.6. The second kappa shape index (κ2) is 4.72. The van der Waals surface area contributed by atoms with E-state index in [9.17, 15) is 9.59 Å². The molecule has 0 heterocycles. The number of carbonyl (C=O) groups excluding carboxylic acids is 2. The molecule has 0 saturated carbocycles. The molecule has 1 aromatic carbocycles. The van der Waals surface area contributed by atoms with Crippen molar-refractivity contribution in [1.82, 2.24) is 0 Å². The minimum atomic E-state index is -0.530. The minimum absolute atomic E-state index is 0.0835. The van der Waals surface area contributed by atoms with E-state index in [4.69, 9.17) is 4.74 Å². The summed E-state index contributed by atoms with van der Waals surface area (Å²) in [6, 6.07) is 5.27. The number of carbonyl (C=O) groups is 2. The average Bonchev–Trinajstić information content (AvgIpc) is 2.49. The molecule has 0 fully saturated rings. The van der Waals surface area contributed by atoms with Crippen molar-refractivity contribution < 1.29 is 14.3 Å². The van der Waals surface area contributed by atoms with Gasteiger partial charge in [-0.15, -0.1) is 0 Å². The summed E-state index contributed by atoms with van der Waals surface area (Å²) in [5.74, 6) is 0.0835. The molecule has 0 bridgehead atoms. The maximum Gasteiger partial charge on any atom is 0.411 e. The van der Waals surface area contributed by atoms with Gasteiger partial charge in [0, 0.05) is 11.3 Å². The predicted octanol–water partition coefficient (Wildman–Crippen LogP) is 3.15. The Balaban J connectivity index is 2.21. The van der Waals surface area contributed by atoms with Gasteiger partial charge in [-0.05, 0) is 44.0 Å². The van der Waals surface area contributed by atoms with Crippen LogP contribution in [0.1, 0.15) is 29.8 Å². The van der Waals surface area contributed by atoms with Crippen molar-refractivity contribution in [2.24, 2.45) is 0 Å². The van der Waals surface area contributed by atoms with Crippen LogP contribution in [0.15, 0.2) is 18.2 Å². The molecule has 18 heavy (non-hydrogen) atoms. The van der Waals surface area contributed by atoms with Crippen LogP contribution < -0.4 is 5.32 Å². The van der Waals surface area contributed by atoms with Gasteiger partial charge >= 0.3 is 6.09 Å². The van der Waals surface area contributed by atoms with Crippen molar-refractivity contribution in [1.29, 1.82) is 0 Å². The van der Waals surface area contributed by atoms with Crippen LogP contribution in [0.5, 0.6) is 0 Å². The quantitative estimate of drug-likeness (QED) is 0.854. The van der Waals surface area contributed by atoms with Crippen molar-refractivity contribution >= 4 is 33.5 Å². The number of amides is 1. The third kappa shape index (κ3) is 2.41.